The standard InChI is InChI=1S/C13H14N2OS2/c16-13-5-9(8-17)6-15(13)7-12-14-10-3-1-2-4-11(10)18-12/h1-4,9,17H,5-8H2. The predicted octanol–water partition coefficient (Wildman–Crippen LogP) is 2.57. The molecule has 0 radical (unpaired) electrons. The van der Waals surface area contributed by atoms with Crippen molar-refractivity contribution >= 4 is 40.1 Å². The van der Waals surface area contributed by atoms with Gasteiger partial charge in [-0.05, 0) is 23.8 Å². The second-order valence-electron chi connectivity index (χ2n) is 4.60. The number of fused-ring (bicyclic) bond motifs is 1. The lowest BCUT2D eigenvalue weighted by Gasteiger charge is -2.14. The number of hydrogen-bond acceptors (Lipinski definition) is 4. The van der Waals surface area contributed by atoms with Crippen molar-refractivity contribution in [3.05, 3.63) is 29.3 Å². The molecule has 3 nitrogen and oxygen atoms in total. The SMILES string of the molecule is O=C1CC(CS)CN1Cc1nc2ccccc2s1. The summed E-state index contributed by atoms with van der Waals surface area (Å²) >= 11 is 5.94. The summed E-state index contributed by atoms with van der Waals surface area (Å²) in [6.45, 7) is 1.46. The van der Waals surface area contributed by atoms with Crippen molar-refractivity contribution in [1.82, 2.24) is 9.88 Å². The maximum atomic E-state index is 11.8. The smallest absolute Gasteiger partial charge is 0.223 e. The molecule has 3 rings (SSSR count). The predicted molar refractivity (Wildman–Crippen MR) is 77.0 cm³/mol. The summed E-state index contributed by atoms with van der Waals surface area (Å²) in [6, 6.07) is 8.09. The van der Waals surface area contributed by atoms with Gasteiger partial charge in [-0.1, -0.05) is 12.1 Å². The first-order valence-corrected chi connectivity index (χ1v) is 7.44. The number of likely N-dealkylation sites (tertiary alicyclic amines) is 1. The van der Waals surface area contributed by atoms with Gasteiger partial charge in [-0.25, -0.2) is 4.98 Å². The molecule has 2 heterocycles. The maximum Gasteiger partial charge on any atom is 0.223 e. The molecule has 1 fully saturated rings. The van der Waals surface area contributed by atoms with Crippen molar-refractivity contribution in [2.75, 3.05) is 12.3 Å². The summed E-state index contributed by atoms with van der Waals surface area (Å²) in [4.78, 5) is 18.3. The number of amides is 1. The number of benzene rings is 1. The number of aromatic nitrogens is 1. The van der Waals surface area contributed by atoms with Crippen LogP contribution in [0.4, 0.5) is 0 Å². The van der Waals surface area contributed by atoms with Gasteiger partial charge in [-0.3, -0.25) is 4.79 Å². The number of hydrogen-bond donors (Lipinski definition) is 1. The molecule has 5 heteroatoms. The van der Waals surface area contributed by atoms with E-state index in [2.05, 4.69) is 23.7 Å². The Morgan fingerprint density at radius 2 is 2.28 bits per heavy atom. The first kappa shape index (κ1) is 12.0. The second-order valence-corrected chi connectivity index (χ2v) is 6.08. The van der Waals surface area contributed by atoms with Gasteiger partial charge in [-0.2, -0.15) is 12.6 Å². The van der Waals surface area contributed by atoms with Crippen LogP contribution in [-0.2, 0) is 11.3 Å². The van der Waals surface area contributed by atoms with E-state index in [1.165, 1.54) is 4.70 Å². The molecule has 0 saturated carbocycles. The first-order chi connectivity index (χ1) is 8.76. The quantitative estimate of drug-likeness (QED) is 0.875. The maximum absolute atomic E-state index is 11.8. The van der Waals surface area contributed by atoms with Crippen LogP contribution in [0.5, 0.6) is 0 Å². The average Bonchev–Trinajstić information content (AvgIpc) is 2.93. The fraction of sp³-hybridized carbons (Fsp3) is 0.385. The van der Waals surface area contributed by atoms with Gasteiger partial charge in [-0.15, -0.1) is 11.3 Å². The molecule has 1 aromatic heterocycles. The van der Waals surface area contributed by atoms with Crippen LogP contribution in [0.2, 0.25) is 0 Å². The fourth-order valence-corrected chi connectivity index (χ4v) is 3.51. The van der Waals surface area contributed by atoms with Crippen molar-refractivity contribution in [3.8, 4) is 0 Å². The van der Waals surface area contributed by atoms with Gasteiger partial charge in [0, 0.05) is 13.0 Å². The lowest BCUT2D eigenvalue weighted by molar-refractivity contribution is -0.128. The van der Waals surface area contributed by atoms with Crippen LogP contribution in [-0.4, -0.2) is 28.1 Å². The highest BCUT2D eigenvalue weighted by atomic mass is 32.1. The molecule has 18 heavy (non-hydrogen) atoms. The molecular weight excluding hydrogens is 264 g/mol. The van der Waals surface area contributed by atoms with E-state index in [0.29, 0.717) is 18.9 Å². The van der Waals surface area contributed by atoms with Crippen LogP contribution in [0.15, 0.2) is 24.3 Å². The van der Waals surface area contributed by atoms with Crippen LogP contribution in [0.1, 0.15) is 11.4 Å². The number of para-hydroxylation sites is 1. The van der Waals surface area contributed by atoms with Crippen molar-refractivity contribution < 1.29 is 4.79 Å². The normalized spacial score (nSPS) is 19.9. The lowest BCUT2D eigenvalue weighted by Crippen LogP contribution is -2.24. The molecule has 0 spiro atoms. The number of carbonyl (C=O) groups excluding carboxylic acids is 1. The van der Waals surface area contributed by atoms with E-state index < -0.39 is 0 Å². The van der Waals surface area contributed by atoms with Crippen molar-refractivity contribution in [1.29, 1.82) is 0 Å². The highest BCUT2D eigenvalue weighted by molar-refractivity contribution is 7.80. The summed E-state index contributed by atoms with van der Waals surface area (Å²) in [7, 11) is 0. The number of carbonyl (C=O) groups is 1. The van der Waals surface area contributed by atoms with E-state index in [-0.39, 0.29) is 5.91 Å². The van der Waals surface area contributed by atoms with Crippen LogP contribution in [0, 0.1) is 5.92 Å². The van der Waals surface area contributed by atoms with E-state index in [4.69, 9.17) is 0 Å². The van der Waals surface area contributed by atoms with Crippen LogP contribution < -0.4 is 0 Å². The molecule has 1 amide bonds. The van der Waals surface area contributed by atoms with E-state index in [1.807, 2.05) is 23.1 Å². The molecule has 94 valence electrons. The summed E-state index contributed by atoms with van der Waals surface area (Å²) in [5.74, 6) is 1.41. The first-order valence-electron chi connectivity index (χ1n) is 5.99. The molecule has 0 N–H and O–H groups in total. The second kappa shape index (κ2) is 4.90. The summed E-state index contributed by atoms with van der Waals surface area (Å²) < 4.78 is 1.19. The highest BCUT2D eigenvalue weighted by Gasteiger charge is 2.29. The zero-order valence-electron chi connectivity index (χ0n) is 9.87. The molecule has 0 aliphatic carbocycles. The van der Waals surface area contributed by atoms with Crippen LogP contribution in [0.25, 0.3) is 10.2 Å². The van der Waals surface area contributed by atoms with Gasteiger partial charge >= 0.3 is 0 Å². The Morgan fingerprint density at radius 1 is 1.44 bits per heavy atom. The van der Waals surface area contributed by atoms with Crippen molar-refractivity contribution in [2.45, 2.75) is 13.0 Å². The van der Waals surface area contributed by atoms with Crippen molar-refractivity contribution in [3.63, 3.8) is 0 Å². The fourth-order valence-electron chi connectivity index (χ4n) is 2.28. The molecule has 2 aromatic rings. The van der Waals surface area contributed by atoms with E-state index in [0.717, 1.165) is 22.8 Å². The Morgan fingerprint density at radius 3 is 3.00 bits per heavy atom. The van der Waals surface area contributed by atoms with Gasteiger partial charge in [0.15, 0.2) is 0 Å². The van der Waals surface area contributed by atoms with E-state index in [1.54, 1.807) is 11.3 Å². The Labute approximate surface area is 115 Å². The third-order valence-corrected chi connectivity index (χ3v) is 4.75. The number of nitrogens with zero attached hydrogens (tertiary/aromatic N) is 2. The van der Waals surface area contributed by atoms with E-state index in [9.17, 15) is 4.79 Å². The van der Waals surface area contributed by atoms with E-state index >= 15 is 0 Å². The molecule has 1 aliphatic heterocycles. The summed E-state index contributed by atoms with van der Waals surface area (Å²) in [5.41, 5.74) is 1.02. The number of thiazole rings is 1. The monoisotopic (exact) mass is 278 g/mol. The third-order valence-electron chi connectivity index (χ3n) is 3.22. The Hall–Kier alpha value is -1.07. The zero-order valence-corrected chi connectivity index (χ0v) is 11.6. The minimum absolute atomic E-state index is 0.230. The molecule has 1 atom stereocenters. The summed E-state index contributed by atoms with van der Waals surface area (Å²) in [5, 5.41) is 1.02. The molecular formula is C13H14N2OS2. The van der Waals surface area contributed by atoms with Gasteiger partial charge < -0.3 is 4.90 Å². The molecule has 0 bridgehead atoms. The largest absolute Gasteiger partial charge is 0.336 e. The molecule has 1 aliphatic rings. The number of rotatable bonds is 3. The van der Waals surface area contributed by atoms with Gasteiger partial charge in [0.2, 0.25) is 5.91 Å². The topological polar surface area (TPSA) is 33.2 Å². The third kappa shape index (κ3) is 2.24. The zero-order chi connectivity index (χ0) is 12.5. The summed E-state index contributed by atoms with van der Waals surface area (Å²) in [6.07, 6.45) is 0.633. The molecule has 1 aromatic carbocycles. The van der Waals surface area contributed by atoms with Crippen LogP contribution in [0.3, 0.4) is 0 Å². The van der Waals surface area contributed by atoms with Crippen molar-refractivity contribution in [2.24, 2.45) is 5.92 Å². The van der Waals surface area contributed by atoms with Gasteiger partial charge in [0.1, 0.15) is 5.01 Å². The Kier molecular flexibility index (Phi) is 3.26. The number of thiol groups is 1. The molecule has 1 unspecified atom stereocenters. The van der Waals surface area contributed by atoms with Gasteiger partial charge in [0.05, 0.1) is 16.8 Å². The molecule has 1 saturated heterocycles. The van der Waals surface area contributed by atoms with Gasteiger partial charge in [0.25, 0.3) is 0 Å². The van der Waals surface area contributed by atoms with Crippen LogP contribution >= 0.6 is 24.0 Å². The lowest BCUT2D eigenvalue weighted by atomic mass is 10.1. The minimum Gasteiger partial charge on any atom is -0.336 e. The minimum atomic E-state index is 0.230. The average molecular weight is 278 g/mol. The Bertz CT molecular complexity index is 548. The highest BCUT2D eigenvalue weighted by Crippen LogP contribution is 2.26. The Balaban J connectivity index is 1.78.